The van der Waals surface area contributed by atoms with E-state index in [0.717, 1.165) is 17.7 Å². The summed E-state index contributed by atoms with van der Waals surface area (Å²) in [6.45, 7) is 0.765. The molecule has 0 bridgehead atoms. The Balaban J connectivity index is 1.27. The Labute approximate surface area is 158 Å². The van der Waals surface area contributed by atoms with Gasteiger partial charge in [-0.15, -0.1) is 0 Å². The Kier molecular flexibility index (Phi) is 4.88. The van der Waals surface area contributed by atoms with E-state index in [9.17, 15) is 9.18 Å². The van der Waals surface area contributed by atoms with Crippen LogP contribution in [0.5, 0.6) is 0 Å². The van der Waals surface area contributed by atoms with E-state index in [1.807, 2.05) is 6.07 Å². The monoisotopic (exact) mass is 360 g/mol. The molecule has 0 unspecified atom stereocenters. The number of hydrogen-bond donors (Lipinski definition) is 2. The van der Waals surface area contributed by atoms with Crippen LogP contribution in [0.3, 0.4) is 0 Å². The lowest BCUT2D eigenvalue weighted by atomic mass is 10.1. The average Bonchev–Trinajstić information content (AvgIpc) is 3.06. The van der Waals surface area contributed by atoms with Crippen LogP contribution in [0.15, 0.2) is 66.7 Å². The molecular weight excluding hydrogens is 339 g/mol. The number of carbonyl (C=O) groups is 1. The second kappa shape index (κ2) is 7.62. The second-order valence-corrected chi connectivity index (χ2v) is 6.79. The molecule has 0 saturated carbocycles. The van der Waals surface area contributed by atoms with Crippen molar-refractivity contribution in [3.8, 4) is 11.1 Å². The third kappa shape index (κ3) is 4.00. The van der Waals surface area contributed by atoms with Crippen LogP contribution in [-0.4, -0.2) is 19.0 Å². The maximum atomic E-state index is 12.9. The molecule has 4 heteroatoms. The van der Waals surface area contributed by atoms with Gasteiger partial charge in [0.2, 0.25) is 5.91 Å². The molecule has 0 saturated heterocycles. The van der Waals surface area contributed by atoms with Gasteiger partial charge < -0.3 is 10.6 Å². The molecule has 2 N–H and O–H groups in total. The number of hydrogen-bond acceptors (Lipinski definition) is 2. The molecule has 136 valence electrons. The predicted octanol–water partition coefficient (Wildman–Crippen LogP) is 4.17. The normalized spacial score (nSPS) is 11.6. The van der Waals surface area contributed by atoms with Gasteiger partial charge in [0.1, 0.15) is 5.82 Å². The van der Waals surface area contributed by atoms with E-state index in [1.165, 1.54) is 34.4 Å². The van der Waals surface area contributed by atoms with Gasteiger partial charge >= 0.3 is 0 Å². The van der Waals surface area contributed by atoms with Crippen molar-refractivity contribution in [1.29, 1.82) is 0 Å². The smallest absolute Gasteiger partial charge is 0.239 e. The molecule has 1 aliphatic rings. The van der Waals surface area contributed by atoms with E-state index in [1.54, 1.807) is 12.1 Å². The number of nitrogens with one attached hydrogen (secondary N) is 2. The largest absolute Gasteiger partial charge is 0.376 e. The van der Waals surface area contributed by atoms with Gasteiger partial charge in [0.15, 0.2) is 0 Å². The standard InChI is InChI=1S/C23H21FN2O/c24-19-7-5-16(6-8-19)11-12-25-23(27)15-26-20-9-10-22-18(14-20)13-17-3-1-2-4-21(17)22/h1-10,14,26H,11-13,15H2,(H,25,27). The molecule has 4 rings (SSSR count). The van der Waals surface area contributed by atoms with E-state index in [4.69, 9.17) is 0 Å². The molecule has 0 atom stereocenters. The summed E-state index contributed by atoms with van der Waals surface area (Å²) in [5, 5.41) is 6.08. The van der Waals surface area contributed by atoms with Gasteiger partial charge in [-0.05, 0) is 64.9 Å². The van der Waals surface area contributed by atoms with Crippen molar-refractivity contribution in [3.05, 3.63) is 89.2 Å². The number of carbonyl (C=O) groups excluding carboxylic acids is 1. The van der Waals surface area contributed by atoms with Crippen LogP contribution in [0.2, 0.25) is 0 Å². The lowest BCUT2D eigenvalue weighted by Crippen LogP contribution is -2.31. The summed E-state index contributed by atoms with van der Waals surface area (Å²) in [5.74, 6) is -0.301. The Bertz CT molecular complexity index is 966. The van der Waals surface area contributed by atoms with Crippen LogP contribution in [-0.2, 0) is 17.6 Å². The number of anilines is 1. The summed E-state index contributed by atoms with van der Waals surface area (Å²) >= 11 is 0. The van der Waals surface area contributed by atoms with Gasteiger partial charge in [-0.1, -0.05) is 42.5 Å². The third-order valence-corrected chi connectivity index (χ3v) is 4.90. The Morgan fingerprint density at radius 3 is 2.56 bits per heavy atom. The number of halogens is 1. The first kappa shape index (κ1) is 17.3. The maximum absolute atomic E-state index is 12.9. The van der Waals surface area contributed by atoms with Crippen molar-refractivity contribution >= 4 is 11.6 Å². The van der Waals surface area contributed by atoms with Crippen molar-refractivity contribution in [1.82, 2.24) is 5.32 Å². The van der Waals surface area contributed by atoms with Crippen molar-refractivity contribution in [2.75, 3.05) is 18.4 Å². The van der Waals surface area contributed by atoms with E-state index in [2.05, 4.69) is 47.0 Å². The molecule has 3 nitrogen and oxygen atoms in total. The second-order valence-electron chi connectivity index (χ2n) is 6.79. The fourth-order valence-electron chi connectivity index (χ4n) is 3.50. The van der Waals surface area contributed by atoms with Gasteiger partial charge in [0, 0.05) is 12.2 Å². The minimum atomic E-state index is -0.246. The molecule has 0 aliphatic heterocycles. The molecule has 0 aromatic heterocycles. The number of fused-ring (bicyclic) bond motifs is 3. The SMILES string of the molecule is O=C(CNc1ccc2c(c1)Cc1ccccc1-2)NCCc1ccc(F)cc1. The number of benzene rings is 3. The Hall–Kier alpha value is -3.14. The van der Waals surface area contributed by atoms with Crippen LogP contribution in [0, 0.1) is 5.82 Å². The summed E-state index contributed by atoms with van der Waals surface area (Å²) in [7, 11) is 0. The minimum Gasteiger partial charge on any atom is -0.376 e. The molecule has 1 aliphatic carbocycles. The Morgan fingerprint density at radius 1 is 0.926 bits per heavy atom. The summed E-state index contributed by atoms with van der Waals surface area (Å²) in [6.07, 6.45) is 1.62. The molecule has 27 heavy (non-hydrogen) atoms. The summed E-state index contributed by atoms with van der Waals surface area (Å²) in [4.78, 5) is 12.0. The molecular formula is C23H21FN2O. The molecule has 1 amide bonds. The van der Waals surface area contributed by atoms with Gasteiger partial charge in [-0.3, -0.25) is 4.79 Å². The van der Waals surface area contributed by atoms with Crippen LogP contribution in [0.4, 0.5) is 10.1 Å². The fraction of sp³-hybridized carbons (Fsp3) is 0.174. The first-order valence-electron chi connectivity index (χ1n) is 9.15. The molecule has 0 heterocycles. The number of rotatable bonds is 6. The molecule has 0 spiro atoms. The van der Waals surface area contributed by atoms with Crippen molar-refractivity contribution in [2.24, 2.45) is 0 Å². The molecule has 3 aromatic rings. The van der Waals surface area contributed by atoms with Crippen molar-refractivity contribution < 1.29 is 9.18 Å². The van der Waals surface area contributed by atoms with Crippen LogP contribution in [0.25, 0.3) is 11.1 Å². The van der Waals surface area contributed by atoms with Crippen molar-refractivity contribution in [3.63, 3.8) is 0 Å². The summed E-state index contributed by atoms with van der Waals surface area (Å²) in [6, 6.07) is 21.1. The first-order chi connectivity index (χ1) is 13.2. The molecule has 0 fully saturated rings. The zero-order valence-corrected chi connectivity index (χ0v) is 15.0. The zero-order chi connectivity index (χ0) is 18.6. The van der Waals surface area contributed by atoms with Gasteiger partial charge in [0.25, 0.3) is 0 Å². The minimum absolute atomic E-state index is 0.0547. The van der Waals surface area contributed by atoms with Gasteiger partial charge in [0.05, 0.1) is 6.54 Å². The highest BCUT2D eigenvalue weighted by Crippen LogP contribution is 2.37. The summed E-state index contributed by atoms with van der Waals surface area (Å²) < 4.78 is 12.9. The van der Waals surface area contributed by atoms with Crippen LogP contribution in [0.1, 0.15) is 16.7 Å². The van der Waals surface area contributed by atoms with Crippen LogP contribution >= 0.6 is 0 Å². The topological polar surface area (TPSA) is 41.1 Å². The van der Waals surface area contributed by atoms with Crippen LogP contribution < -0.4 is 10.6 Å². The van der Waals surface area contributed by atoms with Crippen molar-refractivity contribution in [2.45, 2.75) is 12.8 Å². The molecule has 0 radical (unpaired) electrons. The average molecular weight is 360 g/mol. The lowest BCUT2D eigenvalue weighted by molar-refractivity contribution is -0.119. The van der Waals surface area contributed by atoms with E-state index in [-0.39, 0.29) is 18.3 Å². The predicted molar refractivity (Wildman–Crippen MR) is 106 cm³/mol. The highest BCUT2D eigenvalue weighted by Gasteiger charge is 2.17. The van der Waals surface area contributed by atoms with Gasteiger partial charge in [-0.25, -0.2) is 4.39 Å². The van der Waals surface area contributed by atoms with E-state index in [0.29, 0.717) is 13.0 Å². The molecule has 3 aromatic carbocycles. The number of amides is 1. The maximum Gasteiger partial charge on any atom is 0.239 e. The highest BCUT2D eigenvalue weighted by atomic mass is 19.1. The third-order valence-electron chi connectivity index (χ3n) is 4.90. The Morgan fingerprint density at radius 2 is 1.70 bits per heavy atom. The highest BCUT2D eigenvalue weighted by molar-refractivity contribution is 5.82. The zero-order valence-electron chi connectivity index (χ0n) is 15.0. The van der Waals surface area contributed by atoms with Gasteiger partial charge in [-0.2, -0.15) is 0 Å². The first-order valence-corrected chi connectivity index (χ1v) is 9.15. The van der Waals surface area contributed by atoms with E-state index >= 15 is 0 Å². The quantitative estimate of drug-likeness (QED) is 0.542. The fourth-order valence-corrected chi connectivity index (χ4v) is 3.50. The summed E-state index contributed by atoms with van der Waals surface area (Å²) in [5.41, 5.74) is 7.18. The lowest BCUT2D eigenvalue weighted by Gasteiger charge is -2.09. The van der Waals surface area contributed by atoms with E-state index < -0.39 is 0 Å².